The summed E-state index contributed by atoms with van der Waals surface area (Å²) < 4.78 is 24.6. The third-order valence-corrected chi connectivity index (χ3v) is 4.98. The van der Waals surface area contributed by atoms with Gasteiger partial charge in [-0.2, -0.15) is 0 Å². The first-order chi connectivity index (χ1) is 12.7. The Morgan fingerprint density at radius 3 is 2.77 bits per heavy atom. The van der Waals surface area contributed by atoms with Crippen LogP contribution in [0.1, 0.15) is 34.7 Å². The molecule has 2 aliphatic heterocycles. The van der Waals surface area contributed by atoms with Crippen molar-refractivity contribution in [1.82, 2.24) is 4.90 Å². The standard InChI is InChI=1S/C21H20FNO3/c22-18-4-2-1-3-17(18)16-7-9-23(14-16)10-8-19(24)15-5-6-20-21(13-15)26-12-11-25-20/h1-6,11-13,16H,7-10,14H2. The Labute approximate surface area is 151 Å². The fourth-order valence-electron chi connectivity index (χ4n) is 3.57. The van der Waals surface area contributed by atoms with Crippen molar-refractivity contribution in [2.45, 2.75) is 18.8 Å². The Bertz CT molecular complexity index is 849. The summed E-state index contributed by atoms with van der Waals surface area (Å²) >= 11 is 0. The van der Waals surface area contributed by atoms with Crippen LogP contribution in [0.5, 0.6) is 11.5 Å². The lowest BCUT2D eigenvalue weighted by atomic mass is 9.98. The van der Waals surface area contributed by atoms with E-state index in [-0.39, 0.29) is 17.5 Å². The smallest absolute Gasteiger partial charge is 0.169 e. The van der Waals surface area contributed by atoms with Gasteiger partial charge in [0.25, 0.3) is 0 Å². The van der Waals surface area contributed by atoms with E-state index in [1.165, 1.54) is 18.6 Å². The average Bonchev–Trinajstić information content (AvgIpc) is 3.15. The Morgan fingerprint density at radius 2 is 1.92 bits per heavy atom. The summed E-state index contributed by atoms with van der Waals surface area (Å²) in [6.07, 6.45) is 4.26. The maximum absolute atomic E-state index is 13.9. The van der Waals surface area contributed by atoms with E-state index in [1.807, 2.05) is 12.1 Å². The van der Waals surface area contributed by atoms with Gasteiger partial charge >= 0.3 is 0 Å². The highest BCUT2D eigenvalue weighted by Gasteiger charge is 2.26. The molecule has 0 amide bonds. The quantitative estimate of drug-likeness (QED) is 0.758. The first-order valence-electron chi connectivity index (χ1n) is 8.83. The normalized spacial score (nSPS) is 18.9. The molecular formula is C21H20FNO3. The molecule has 2 aromatic carbocycles. The first-order valence-corrected chi connectivity index (χ1v) is 8.83. The van der Waals surface area contributed by atoms with Crippen LogP contribution in [0.3, 0.4) is 0 Å². The highest BCUT2D eigenvalue weighted by Crippen LogP contribution is 2.32. The number of Topliss-reactive ketones (excluding diaryl/α,β-unsaturated/α-hetero) is 1. The number of hydrogen-bond donors (Lipinski definition) is 0. The lowest BCUT2D eigenvalue weighted by Crippen LogP contribution is -2.23. The third-order valence-electron chi connectivity index (χ3n) is 4.98. The Balaban J connectivity index is 1.34. The molecule has 4 nitrogen and oxygen atoms in total. The lowest BCUT2D eigenvalue weighted by molar-refractivity contribution is 0.0968. The minimum absolute atomic E-state index is 0.0697. The molecule has 4 rings (SSSR count). The van der Waals surface area contributed by atoms with Gasteiger partial charge in [-0.3, -0.25) is 4.79 Å². The molecule has 134 valence electrons. The molecule has 2 heterocycles. The minimum Gasteiger partial charge on any atom is -0.458 e. The summed E-state index contributed by atoms with van der Waals surface area (Å²) in [5, 5.41) is 0. The topological polar surface area (TPSA) is 38.8 Å². The highest BCUT2D eigenvalue weighted by atomic mass is 19.1. The van der Waals surface area contributed by atoms with Gasteiger partial charge in [0.1, 0.15) is 18.3 Å². The van der Waals surface area contributed by atoms with Crippen LogP contribution >= 0.6 is 0 Å². The van der Waals surface area contributed by atoms with Gasteiger partial charge in [0.05, 0.1) is 0 Å². The molecule has 1 unspecified atom stereocenters. The van der Waals surface area contributed by atoms with E-state index in [2.05, 4.69) is 4.90 Å². The van der Waals surface area contributed by atoms with Crippen LogP contribution in [0.15, 0.2) is 55.0 Å². The zero-order chi connectivity index (χ0) is 17.9. The zero-order valence-corrected chi connectivity index (χ0v) is 14.4. The van der Waals surface area contributed by atoms with Crippen LogP contribution < -0.4 is 9.47 Å². The van der Waals surface area contributed by atoms with Crippen LogP contribution in [-0.4, -0.2) is 30.3 Å². The third kappa shape index (κ3) is 3.48. The lowest BCUT2D eigenvalue weighted by Gasteiger charge is -2.16. The summed E-state index contributed by atoms with van der Waals surface area (Å²) in [5.74, 6) is 1.30. The van der Waals surface area contributed by atoms with E-state index < -0.39 is 0 Å². The fraction of sp³-hybridized carbons (Fsp3) is 0.286. The van der Waals surface area contributed by atoms with Crippen LogP contribution in [0.2, 0.25) is 0 Å². The van der Waals surface area contributed by atoms with Crippen LogP contribution in [-0.2, 0) is 0 Å². The van der Waals surface area contributed by atoms with Gasteiger partial charge in [-0.15, -0.1) is 0 Å². The van der Waals surface area contributed by atoms with E-state index in [9.17, 15) is 9.18 Å². The number of likely N-dealkylation sites (tertiary alicyclic amines) is 1. The second kappa shape index (κ2) is 7.30. The molecule has 2 aromatic rings. The van der Waals surface area contributed by atoms with Crippen molar-refractivity contribution < 1.29 is 18.7 Å². The van der Waals surface area contributed by atoms with Crippen LogP contribution in [0.4, 0.5) is 4.39 Å². The summed E-state index contributed by atoms with van der Waals surface area (Å²) in [4.78, 5) is 14.7. The van der Waals surface area contributed by atoms with Gasteiger partial charge in [0.15, 0.2) is 17.3 Å². The summed E-state index contributed by atoms with van der Waals surface area (Å²) in [6.45, 7) is 2.36. The molecule has 0 aliphatic carbocycles. The number of fused-ring (bicyclic) bond motifs is 1. The molecule has 0 N–H and O–H groups in total. The SMILES string of the molecule is O=C(CCN1CCC(c2ccccc2F)C1)c1ccc2c(c1)OC=CO2. The van der Waals surface area contributed by atoms with Gasteiger partial charge < -0.3 is 14.4 Å². The summed E-state index contributed by atoms with van der Waals surface area (Å²) in [6, 6.07) is 12.2. The molecule has 0 radical (unpaired) electrons. The molecule has 0 saturated carbocycles. The van der Waals surface area contributed by atoms with Gasteiger partial charge in [-0.1, -0.05) is 18.2 Å². The Morgan fingerprint density at radius 1 is 1.12 bits per heavy atom. The largest absolute Gasteiger partial charge is 0.458 e. The Kier molecular flexibility index (Phi) is 4.71. The second-order valence-electron chi connectivity index (χ2n) is 6.65. The van der Waals surface area contributed by atoms with Crippen molar-refractivity contribution in [2.24, 2.45) is 0 Å². The summed E-state index contributed by atoms with van der Waals surface area (Å²) in [7, 11) is 0. The van der Waals surface area contributed by atoms with E-state index in [0.717, 1.165) is 25.1 Å². The van der Waals surface area contributed by atoms with Gasteiger partial charge in [-0.25, -0.2) is 4.39 Å². The van der Waals surface area contributed by atoms with E-state index in [0.29, 0.717) is 30.0 Å². The minimum atomic E-state index is -0.138. The number of halogens is 1. The molecule has 1 saturated heterocycles. The fourth-order valence-corrected chi connectivity index (χ4v) is 3.57. The number of ether oxygens (including phenoxy) is 2. The summed E-state index contributed by atoms with van der Waals surface area (Å²) in [5.41, 5.74) is 1.40. The molecule has 0 spiro atoms. The van der Waals surface area contributed by atoms with Gasteiger partial charge in [0, 0.05) is 31.0 Å². The van der Waals surface area contributed by atoms with Crippen molar-refractivity contribution >= 4 is 5.78 Å². The number of benzene rings is 2. The molecule has 26 heavy (non-hydrogen) atoms. The maximum Gasteiger partial charge on any atom is 0.169 e. The number of carbonyl (C=O) groups is 1. The molecular weight excluding hydrogens is 333 g/mol. The molecule has 0 bridgehead atoms. The van der Waals surface area contributed by atoms with E-state index in [4.69, 9.17) is 9.47 Å². The molecule has 5 heteroatoms. The van der Waals surface area contributed by atoms with E-state index >= 15 is 0 Å². The number of nitrogens with zero attached hydrogens (tertiary/aromatic N) is 1. The first kappa shape index (κ1) is 16.8. The van der Waals surface area contributed by atoms with Crippen molar-refractivity contribution in [3.8, 4) is 11.5 Å². The average molecular weight is 353 g/mol. The molecule has 1 atom stereocenters. The highest BCUT2D eigenvalue weighted by molar-refractivity contribution is 5.96. The van der Waals surface area contributed by atoms with Gasteiger partial charge in [-0.05, 0) is 42.8 Å². The zero-order valence-electron chi connectivity index (χ0n) is 14.4. The number of hydrogen-bond acceptors (Lipinski definition) is 4. The number of carbonyl (C=O) groups excluding carboxylic acids is 1. The van der Waals surface area contributed by atoms with Crippen molar-refractivity contribution in [2.75, 3.05) is 19.6 Å². The maximum atomic E-state index is 13.9. The van der Waals surface area contributed by atoms with Crippen molar-refractivity contribution in [1.29, 1.82) is 0 Å². The predicted molar refractivity (Wildman–Crippen MR) is 96.0 cm³/mol. The number of rotatable bonds is 5. The monoisotopic (exact) mass is 353 g/mol. The molecule has 2 aliphatic rings. The van der Waals surface area contributed by atoms with Crippen molar-refractivity contribution in [3.63, 3.8) is 0 Å². The number of ketones is 1. The van der Waals surface area contributed by atoms with Gasteiger partial charge in [0.2, 0.25) is 0 Å². The van der Waals surface area contributed by atoms with Crippen LogP contribution in [0, 0.1) is 5.82 Å². The van der Waals surface area contributed by atoms with Crippen molar-refractivity contribution in [3.05, 3.63) is 71.9 Å². The molecule has 1 fully saturated rings. The van der Waals surface area contributed by atoms with E-state index in [1.54, 1.807) is 24.3 Å². The predicted octanol–water partition coefficient (Wildman–Crippen LogP) is 4.13. The Hall–Kier alpha value is -2.66. The second-order valence-corrected chi connectivity index (χ2v) is 6.65. The van der Waals surface area contributed by atoms with Crippen LogP contribution in [0.25, 0.3) is 0 Å². The molecule has 0 aromatic heterocycles.